The topological polar surface area (TPSA) is 84.0 Å². The lowest BCUT2D eigenvalue weighted by Crippen LogP contribution is -2.39. The minimum atomic E-state index is -0.683. The Kier molecular flexibility index (Phi) is 5.96. The van der Waals surface area contributed by atoms with E-state index in [1.807, 2.05) is 12.1 Å². The summed E-state index contributed by atoms with van der Waals surface area (Å²) in [6, 6.07) is 10.9. The normalized spacial score (nSPS) is 11.3. The summed E-state index contributed by atoms with van der Waals surface area (Å²) in [6.07, 6.45) is 0.709. The maximum absolute atomic E-state index is 12.8. The van der Waals surface area contributed by atoms with Crippen molar-refractivity contribution in [2.45, 2.75) is 32.9 Å². The van der Waals surface area contributed by atoms with Crippen molar-refractivity contribution in [3.63, 3.8) is 0 Å². The Hall–Kier alpha value is -2.82. The molecule has 150 valence electrons. The second-order valence-corrected chi connectivity index (χ2v) is 8.09. The molecular weight excluding hydrogens is 413 g/mol. The van der Waals surface area contributed by atoms with E-state index in [9.17, 15) is 10.1 Å². The number of amides is 1. The van der Waals surface area contributed by atoms with Crippen LogP contribution in [-0.4, -0.2) is 32.8 Å². The van der Waals surface area contributed by atoms with Gasteiger partial charge in [0.05, 0.1) is 5.52 Å². The summed E-state index contributed by atoms with van der Waals surface area (Å²) in [5, 5.41) is 11.1. The number of rotatable bonds is 4. The predicted molar refractivity (Wildman–Crippen MR) is 112 cm³/mol. The zero-order valence-electron chi connectivity index (χ0n) is 16.2. The minimum Gasteiger partial charge on any atom is -0.443 e. The Balaban J connectivity index is 1.95. The monoisotopic (exact) mass is 431 g/mol. The quantitative estimate of drug-likeness (QED) is 0.539. The van der Waals surface area contributed by atoms with Crippen LogP contribution in [0.25, 0.3) is 10.9 Å². The lowest BCUT2D eigenvalue weighted by Gasteiger charge is -2.27. The van der Waals surface area contributed by atoms with Gasteiger partial charge in [-0.3, -0.25) is 4.90 Å². The number of aromatic nitrogens is 3. The molecule has 1 amide bonds. The maximum atomic E-state index is 12.8. The molecule has 0 saturated carbocycles. The van der Waals surface area contributed by atoms with Gasteiger partial charge in [0.15, 0.2) is 0 Å². The molecule has 7 nitrogen and oxygen atoms in total. The number of nitriles is 1. The molecule has 3 rings (SSSR count). The number of hydrogen-bond acceptors (Lipinski definition) is 5. The molecule has 0 bridgehead atoms. The second kappa shape index (κ2) is 8.27. The van der Waals surface area contributed by atoms with Crippen LogP contribution in [0, 0.1) is 11.3 Å². The van der Waals surface area contributed by atoms with Gasteiger partial charge in [0.25, 0.3) is 0 Å². The van der Waals surface area contributed by atoms with Crippen LogP contribution in [0.3, 0.4) is 0 Å². The third-order valence-electron chi connectivity index (χ3n) is 4.06. The molecule has 0 aliphatic carbocycles. The van der Waals surface area contributed by atoms with E-state index in [0.29, 0.717) is 23.1 Å². The molecular formula is C20H19Cl2N5O2. The van der Waals surface area contributed by atoms with Crippen LogP contribution in [0.1, 0.15) is 26.5 Å². The number of carbonyl (C=O) groups is 1. The lowest BCUT2D eigenvalue weighted by atomic mass is 10.2. The van der Waals surface area contributed by atoms with Crippen molar-refractivity contribution in [3.8, 4) is 6.07 Å². The molecule has 2 aromatic heterocycles. The first-order valence-electron chi connectivity index (χ1n) is 8.85. The Morgan fingerprint density at radius 2 is 2.03 bits per heavy atom. The Morgan fingerprint density at radius 3 is 2.69 bits per heavy atom. The SMILES string of the molecule is CC(C)(C)OC(=O)N(CCn1c(C#N)cc2c(Cl)cccc21)c1cc(Cl)ncn1. The fourth-order valence-electron chi connectivity index (χ4n) is 2.87. The molecule has 0 aliphatic rings. The number of benzene rings is 1. The molecule has 0 saturated heterocycles. The number of fused-ring (bicyclic) bond motifs is 1. The highest BCUT2D eigenvalue weighted by molar-refractivity contribution is 6.35. The molecule has 0 N–H and O–H groups in total. The van der Waals surface area contributed by atoms with Crippen LogP contribution in [0.2, 0.25) is 10.2 Å². The molecule has 0 unspecified atom stereocenters. The van der Waals surface area contributed by atoms with Gasteiger partial charge in [0.1, 0.15) is 34.7 Å². The largest absolute Gasteiger partial charge is 0.443 e. The molecule has 9 heteroatoms. The zero-order valence-corrected chi connectivity index (χ0v) is 17.7. The average molecular weight is 432 g/mol. The van der Waals surface area contributed by atoms with Crippen LogP contribution in [0.5, 0.6) is 0 Å². The van der Waals surface area contributed by atoms with Crippen molar-refractivity contribution >= 4 is 46.0 Å². The van der Waals surface area contributed by atoms with E-state index in [1.54, 1.807) is 37.5 Å². The molecule has 0 spiro atoms. The van der Waals surface area contributed by atoms with Gasteiger partial charge in [0.2, 0.25) is 0 Å². The molecule has 0 aliphatic heterocycles. The van der Waals surface area contributed by atoms with Crippen LogP contribution in [0.4, 0.5) is 10.6 Å². The highest BCUT2D eigenvalue weighted by atomic mass is 35.5. The number of halogens is 2. The highest BCUT2D eigenvalue weighted by Gasteiger charge is 2.25. The lowest BCUT2D eigenvalue weighted by molar-refractivity contribution is 0.0578. The summed E-state index contributed by atoms with van der Waals surface area (Å²) in [5.41, 5.74) is 0.564. The summed E-state index contributed by atoms with van der Waals surface area (Å²) < 4.78 is 7.32. The standard InChI is InChI=1S/C20H19Cl2N5O2/c1-20(2,3)29-19(28)27(18-10-17(22)24-12-25-18)8-7-26-13(11-23)9-14-15(21)5-4-6-16(14)26/h4-6,9-10,12H,7-8H2,1-3H3. The van der Waals surface area contributed by atoms with Crippen molar-refractivity contribution in [2.24, 2.45) is 0 Å². The number of anilines is 1. The highest BCUT2D eigenvalue weighted by Crippen LogP contribution is 2.27. The van der Waals surface area contributed by atoms with Crippen LogP contribution >= 0.6 is 23.2 Å². The first kappa shape index (κ1) is 20.9. The fourth-order valence-corrected chi connectivity index (χ4v) is 3.24. The van der Waals surface area contributed by atoms with Crippen molar-refractivity contribution in [1.82, 2.24) is 14.5 Å². The Bertz CT molecular complexity index is 1100. The van der Waals surface area contributed by atoms with Crippen molar-refractivity contribution in [2.75, 3.05) is 11.4 Å². The summed E-state index contributed by atoms with van der Waals surface area (Å²) in [5.74, 6) is 0.312. The smallest absolute Gasteiger partial charge is 0.416 e. The van der Waals surface area contributed by atoms with Gasteiger partial charge in [0, 0.05) is 29.6 Å². The van der Waals surface area contributed by atoms with E-state index in [1.165, 1.54) is 17.3 Å². The van der Waals surface area contributed by atoms with Crippen LogP contribution in [0.15, 0.2) is 36.7 Å². The van der Waals surface area contributed by atoms with E-state index in [4.69, 9.17) is 27.9 Å². The van der Waals surface area contributed by atoms with Gasteiger partial charge in [-0.15, -0.1) is 0 Å². The molecule has 0 fully saturated rings. The van der Waals surface area contributed by atoms with E-state index in [0.717, 1.165) is 10.9 Å². The van der Waals surface area contributed by atoms with E-state index < -0.39 is 11.7 Å². The summed E-state index contributed by atoms with van der Waals surface area (Å²) in [6.45, 7) is 5.88. The van der Waals surface area contributed by atoms with E-state index in [-0.39, 0.29) is 11.7 Å². The van der Waals surface area contributed by atoms with Crippen LogP contribution < -0.4 is 4.90 Å². The van der Waals surface area contributed by atoms with Gasteiger partial charge >= 0.3 is 6.09 Å². The Labute approximate surface area is 178 Å². The average Bonchev–Trinajstić information content (AvgIpc) is 3.00. The fraction of sp³-hybridized carbons (Fsp3) is 0.300. The van der Waals surface area contributed by atoms with Crippen molar-refractivity contribution in [1.29, 1.82) is 5.26 Å². The Morgan fingerprint density at radius 1 is 1.28 bits per heavy atom. The first-order chi connectivity index (χ1) is 13.7. The molecule has 2 heterocycles. The summed E-state index contributed by atoms with van der Waals surface area (Å²) in [7, 11) is 0. The van der Waals surface area contributed by atoms with Gasteiger partial charge in [-0.1, -0.05) is 29.3 Å². The molecule has 1 aromatic carbocycles. The zero-order chi connectivity index (χ0) is 21.2. The second-order valence-electron chi connectivity index (χ2n) is 7.30. The third-order valence-corrected chi connectivity index (χ3v) is 4.60. The van der Waals surface area contributed by atoms with E-state index >= 15 is 0 Å². The van der Waals surface area contributed by atoms with Crippen molar-refractivity contribution < 1.29 is 9.53 Å². The van der Waals surface area contributed by atoms with Crippen LogP contribution in [-0.2, 0) is 11.3 Å². The summed E-state index contributed by atoms with van der Waals surface area (Å²) >= 11 is 12.2. The van der Waals surface area contributed by atoms with E-state index in [2.05, 4.69) is 16.0 Å². The summed E-state index contributed by atoms with van der Waals surface area (Å²) in [4.78, 5) is 22.2. The molecule has 0 radical (unpaired) electrons. The number of hydrogen-bond donors (Lipinski definition) is 0. The first-order valence-corrected chi connectivity index (χ1v) is 9.61. The number of ether oxygens (including phenoxy) is 1. The van der Waals surface area contributed by atoms with Gasteiger partial charge in [-0.05, 0) is 39.0 Å². The van der Waals surface area contributed by atoms with Gasteiger partial charge < -0.3 is 9.30 Å². The molecule has 29 heavy (non-hydrogen) atoms. The van der Waals surface area contributed by atoms with Crippen molar-refractivity contribution in [3.05, 3.63) is 52.5 Å². The van der Waals surface area contributed by atoms with Gasteiger partial charge in [-0.25, -0.2) is 14.8 Å². The number of nitrogens with zero attached hydrogens (tertiary/aromatic N) is 5. The van der Waals surface area contributed by atoms with Gasteiger partial charge in [-0.2, -0.15) is 5.26 Å². The number of carbonyl (C=O) groups excluding carboxylic acids is 1. The molecule has 0 atom stereocenters. The molecule has 3 aromatic rings. The maximum Gasteiger partial charge on any atom is 0.416 e. The third kappa shape index (κ3) is 4.78. The minimum absolute atomic E-state index is 0.202. The predicted octanol–water partition coefficient (Wildman–Crippen LogP) is 5.05.